The lowest BCUT2D eigenvalue weighted by Crippen LogP contribution is -2.17. The Bertz CT molecular complexity index is 2620. The molecule has 7 aromatic carbocycles. The van der Waals surface area contributed by atoms with Gasteiger partial charge in [-0.3, -0.25) is 0 Å². The third-order valence-corrected chi connectivity index (χ3v) is 14.8. The Morgan fingerprint density at radius 2 is 1.21 bits per heavy atom. The second-order valence-electron chi connectivity index (χ2n) is 18.3. The number of benzene rings is 7. The second-order valence-corrected chi connectivity index (χ2v) is 18.3. The molecular formula is C56H53N. The summed E-state index contributed by atoms with van der Waals surface area (Å²) in [6.45, 7) is 4.83. The molecule has 57 heavy (non-hydrogen) atoms. The third kappa shape index (κ3) is 5.96. The van der Waals surface area contributed by atoms with E-state index in [4.69, 9.17) is 0 Å². The van der Waals surface area contributed by atoms with Crippen LogP contribution < -0.4 is 4.90 Å². The Balaban J connectivity index is 1.03. The number of fused-ring (bicyclic) bond motifs is 6. The standard InChI is InChI=1S/C56H53N/c1-56(2)53-31-26-43(42-23-22-38-12-6-7-15-41(38)34-42)35-52(53)49-30-29-46(36-54(49)56)57(45-27-24-40(25-28-45)51-33-37-20-21-44(51)32-37)55-19-11-10-18-50(55)48-17-9-8-16-47(48)39-13-4-3-5-14-39/h6-12,15-19,22-31,34-37,39,44,51H,3-5,13-14,20-21,32-33H2,1-2H3. The lowest BCUT2D eigenvalue weighted by Gasteiger charge is -2.31. The Hall–Kier alpha value is -5.40. The zero-order valence-electron chi connectivity index (χ0n) is 33.6. The van der Waals surface area contributed by atoms with Crippen molar-refractivity contribution in [2.45, 2.75) is 88.9 Å². The maximum Gasteiger partial charge on any atom is 0.0540 e. The number of hydrogen-bond donors (Lipinski definition) is 0. The highest BCUT2D eigenvalue weighted by Gasteiger charge is 2.40. The minimum atomic E-state index is -0.132. The van der Waals surface area contributed by atoms with Crippen molar-refractivity contribution in [1.29, 1.82) is 0 Å². The fourth-order valence-corrected chi connectivity index (χ4v) is 11.8. The van der Waals surface area contributed by atoms with E-state index in [1.54, 1.807) is 0 Å². The second kappa shape index (κ2) is 13.9. The van der Waals surface area contributed by atoms with E-state index in [0.717, 1.165) is 17.8 Å². The van der Waals surface area contributed by atoms with E-state index >= 15 is 0 Å². The van der Waals surface area contributed by atoms with Crippen LogP contribution in [0.2, 0.25) is 0 Å². The molecule has 3 unspecified atom stereocenters. The fraction of sp³-hybridized carbons (Fsp3) is 0.286. The van der Waals surface area contributed by atoms with Crippen LogP contribution in [0.25, 0.3) is 44.2 Å². The van der Waals surface area contributed by atoms with Crippen LogP contribution in [-0.4, -0.2) is 0 Å². The molecule has 0 aliphatic heterocycles. The van der Waals surface area contributed by atoms with E-state index < -0.39 is 0 Å². The van der Waals surface area contributed by atoms with E-state index in [0.29, 0.717) is 5.92 Å². The number of rotatable bonds is 7. The molecule has 4 aliphatic carbocycles. The Morgan fingerprint density at radius 1 is 0.491 bits per heavy atom. The van der Waals surface area contributed by atoms with Crippen LogP contribution in [0.4, 0.5) is 17.1 Å². The van der Waals surface area contributed by atoms with Crippen LogP contribution in [-0.2, 0) is 5.41 Å². The first-order valence-electron chi connectivity index (χ1n) is 21.9. The Morgan fingerprint density at radius 3 is 2.02 bits per heavy atom. The van der Waals surface area contributed by atoms with Gasteiger partial charge in [0.2, 0.25) is 0 Å². The zero-order valence-corrected chi connectivity index (χ0v) is 33.6. The van der Waals surface area contributed by atoms with Gasteiger partial charge in [0.05, 0.1) is 5.69 Å². The zero-order chi connectivity index (χ0) is 38.1. The molecule has 7 aromatic rings. The summed E-state index contributed by atoms with van der Waals surface area (Å²) in [7, 11) is 0. The lowest BCUT2D eigenvalue weighted by molar-refractivity contribution is 0.420. The SMILES string of the molecule is CC1(C)c2ccc(-c3ccc4ccccc4c3)cc2-c2ccc(N(c3ccc(C4CC5CCC4C5)cc3)c3ccccc3-c3ccccc3C3CCCCC3)cc21. The molecule has 3 saturated carbocycles. The van der Waals surface area contributed by atoms with Gasteiger partial charge >= 0.3 is 0 Å². The maximum absolute atomic E-state index is 2.57. The molecule has 0 N–H and O–H groups in total. The van der Waals surface area contributed by atoms with Crippen LogP contribution in [0.5, 0.6) is 0 Å². The molecule has 0 radical (unpaired) electrons. The molecule has 11 rings (SSSR count). The molecule has 1 heteroatoms. The van der Waals surface area contributed by atoms with Gasteiger partial charge in [0, 0.05) is 22.4 Å². The monoisotopic (exact) mass is 739 g/mol. The molecule has 0 saturated heterocycles. The maximum atomic E-state index is 2.57. The molecule has 0 aromatic heterocycles. The molecule has 3 atom stereocenters. The van der Waals surface area contributed by atoms with Gasteiger partial charge in [0.25, 0.3) is 0 Å². The topological polar surface area (TPSA) is 3.24 Å². The fourth-order valence-electron chi connectivity index (χ4n) is 11.8. The van der Waals surface area contributed by atoms with Crippen molar-refractivity contribution < 1.29 is 0 Å². The molecular weight excluding hydrogens is 687 g/mol. The number of hydrogen-bond acceptors (Lipinski definition) is 1. The number of para-hydroxylation sites is 1. The smallest absolute Gasteiger partial charge is 0.0540 e. The largest absolute Gasteiger partial charge is 0.310 e. The van der Waals surface area contributed by atoms with Gasteiger partial charge in [-0.05, 0) is 159 Å². The van der Waals surface area contributed by atoms with E-state index in [1.165, 1.54) is 141 Å². The van der Waals surface area contributed by atoms with Gasteiger partial charge in [0.1, 0.15) is 0 Å². The van der Waals surface area contributed by atoms with Gasteiger partial charge in [0.15, 0.2) is 0 Å². The van der Waals surface area contributed by atoms with Crippen LogP contribution >= 0.6 is 0 Å². The lowest BCUT2D eigenvalue weighted by atomic mass is 9.80. The van der Waals surface area contributed by atoms with Crippen molar-refractivity contribution in [3.05, 3.63) is 174 Å². The highest BCUT2D eigenvalue weighted by molar-refractivity contribution is 5.93. The van der Waals surface area contributed by atoms with Gasteiger partial charge in [-0.15, -0.1) is 0 Å². The van der Waals surface area contributed by atoms with Crippen molar-refractivity contribution in [3.63, 3.8) is 0 Å². The minimum absolute atomic E-state index is 0.132. The highest BCUT2D eigenvalue weighted by Crippen LogP contribution is 2.55. The van der Waals surface area contributed by atoms with Crippen molar-refractivity contribution in [2.24, 2.45) is 11.8 Å². The van der Waals surface area contributed by atoms with E-state index in [2.05, 4.69) is 170 Å². The van der Waals surface area contributed by atoms with Crippen LogP contribution in [0.3, 0.4) is 0 Å². The summed E-state index contributed by atoms with van der Waals surface area (Å²) < 4.78 is 0. The van der Waals surface area contributed by atoms with Crippen molar-refractivity contribution in [3.8, 4) is 33.4 Å². The Labute approximate surface area is 339 Å². The first-order valence-corrected chi connectivity index (χ1v) is 21.9. The first-order chi connectivity index (χ1) is 28.0. The molecule has 0 heterocycles. The van der Waals surface area contributed by atoms with Crippen LogP contribution in [0, 0.1) is 11.8 Å². The third-order valence-electron chi connectivity index (χ3n) is 14.8. The van der Waals surface area contributed by atoms with E-state index in [1.807, 2.05) is 0 Å². The van der Waals surface area contributed by atoms with Gasteiger partial charge < -0.3 is 4.90 Å². The van der Waals surface area contributed by atoms with Gasteiger partial charge in [-0.2, -0.15) is 0 Å². The quantitative estimate of drug-likeness (QED) is 0.157. The van der Waals surface area contributed by atoms with Crippen LogP contribution in [0.15, 0.2) is 152 Å². The van der Waals surface area contributed by atoms with Crippen LogP contribution in [0.1, 0.15) is 106 Å². The summed E-state index contributed by atoms with van der Waals surface area (Å²) in [4.78, 5) is 2.57. The normalized spacial score (nSPS) is 20.8. The average molecular weight is 740 g/mol. The predicted molar refractivity (Wildman–Crippen MR) is 241 cm³/mol. The summed E-state index contributed by atoms with van der Waals surface area (Å²) in [5.74, 6) is 3.15. The average Bonchev–Trinajstić information content (AvgIpc) is 3.97. The predicted octanol–water partition coefficient (Wildman–Crippen LogP) is 15.9. The molecule has 282 valence electrons. The minimum Gasteiger partial charge on any atom is -0.310 e. The number of anilines is 3. The molecule has 2 bridgehead atoms. The Kier molecular flexibility index (Phi) is 8.50. The molecule has 4 aliphatic rings. The van der Waals surface area contributed by atoms with Crippen molar-refractivity contribution >= 4 is 27.8 Å². The van der Waals surface area contributed by atoms with Crippen molar-refractivity contribution in [2.75, 3.05) is 4.90 Å². The molecule has 3 fully saturated rings. The molecule has 1 nitrogen and oxygen atoms in total. The van der Waals surface area contributed by atoms with E-state index in [9.17, 15) is 0 Å². The van der Waals surface area contributed by atoms with E-state index in [-0.39, 0.29) is 5.41 Å². The summed E-state index contributed by atoms with van der Waals surface area (Å²) in [5.41, 5.74) is 17.4. The molecule has 0 amide bonds. The summed E-state index contributed by atoms with van der Waals surface area (Å²) in [6, 6.07) is 58.3. The first kappa shape index (κ1) is 34.8. The highest BCUT2D eigenvalue weighted by atomic mass is 15.1. The summed E-state index contributed by atoms with van der Waals surface area (Å²) in [6.07, 6.45) is 12.3. The van der Waals surface area contributed by atoms with Gasteiger partial charge in [-0.1, -0.05) is 149 Å². The summed E-state index contributed by atoms with van der Waals surface area (Å²) in [5, 5.41) is 2.57. The summed E-state index contributed by atoms with van der Waals surface area (Å²) >= 11 is 0. The van der Waals surface area contributed by atoms with Gasteiger partial charge in [-0.25, -0.2) is 0 Å². The van der Waals surface area contributed by atoms with Crippen molar-refractivity contribution in [1.82, 2.24) is 0 Å². The molecule has 0 spiro atoms. The number of nitrogens with zero attached hydrogens (tertiary/aromatic N) is 1.